The van der Waals surface area contributed by atoms with Gasteiger partial charge in [-0.1, -0.05) is 12.2 Å². The predicted molar refractivity (Wildman–Crippen MR) is 55.5 cm³/mol. The number of rotatable bonds is 3. The molecule has 0 atom stereocenters. The summed E-state index contributed by atoms with van der Waals surface area (Å²) >= 11 is 0. The minimum Gasteiger partial charge on any atom is -0.301 e. The average molecular weight is 194 g/mol. The van der Waals surface area contributed by atoms with Crippen molar-refractivity contribution in [3.8, 4) is 0 Å². The summed E-state index contributed by atoms with van der Waals surface area (Å²) in [5, 5.41) is 0. The number of hydrogen-bond acceptors (Lipinski definition) is 2. The van der Waals surface area contributed by atoms with E-state index in [0.717, 1.165) is 0 Å². The molecule has 0 unspecified atom stereocenters. The minimum absolute atomic E-state index is 0.252. The van der Waals surface area contributed by atoms with Gasteiger partial charge in [0.05, 0.1) is 0 Å². The molecule has 0 amide bonds. The Morgan fingerprint density at radius 1 is 1.43 bits per heavy atom. The highest BCUT2D eigenvalue weighted by Gasteiger charge is 2.00. The van der Waals surface area contributed by atoms with Gasteiger partial charge in [0, 0.05) is 25.4 Å². The largest absolute Gasteiger partial charge is 0.331 e. The Hall–Kier alpha value is -1.58. The van der Waals surface area contributed by atoms with E-state index in [2.05, 4.69) is 0 Å². The normalized spacial score (nSPS) is 11.0. The van der Waals surface area contributed by atoms with Gasteiger partial charge in [-0.2, -0.15) is 0 Å². The zero-order valence-electron chi connectivity index (χ0n) is 8.43. The lowest BCUT2D eigenvalue weighted by Crippen LogP contribution is -2.38. The van der Waals surface area contributed by atoms with Crippen LogP contribution in [0.1, 0.15) is 13.8 Å². The molecule has 14 heavy (non-hydrogen) atoms. The molecule has 1 aromatic heterocycles. The van der Waals surface area contributed by atoms with Crippen LogP contribution in [0.3, 0.4) is 0 Å². The Labute approximate surface area is 82.1 Å². The van der Waals surface area contributed by atoms with Gasteiger partial charge in [-0.25, -0.2) is 4.79 Å². The third kappa shape index (κ3) is 2.02. The third-order valence-corrected chi connectivity index (χ3v) is 2.00. The van der Waals surface area contributed by atoms with Crippen molar-refractivity contribution in [3.05, 3.63) is 45.3 Å². The Morgan fingerprint density at radius 3 is 2.71 bits per heavy atom. The first kappa shape index (κ1) is 10.5. The zero-order chi connectivity index (χ0) is 10.6. The summed E-state index contributed by atoms with van der Waals surface area (Å²) in [6.07, 6.45) is 5.12. The van der Waals surface area contributed by atoms with Crippen LogP contribution >= 0.6 is 0 Å². The van der Waals surface area contributed by atoms with E-state index in [-0.39, 0.29) is 11.2 Å². The molecule has 0 aliphatic rings. The monoisotopic (exact) mass is 194 g/mol. The van der Waals surface area contributed by atoms with Gasteiger partial charge in [-0.05, 0) is 13.8 Å². The molecule has 4 nitrogen and oxygen atoms in total. The number of allylic oxidation sites excluding steroid dienone is 2. The molecule has 0 bridgehead atoms. The second-order valence-electron chi connectivity index (χ2n) is 2.90. The Bertz CT molecular complexity index is 440. The third-order valence-electron chi connectivity index (χ3n) is 2.00. The molecule has 0 aromatic carbocycles. The first-order valence-corrected chi connectivity index (χ1v) is 4.62. The summed E-state index contributed by atoms with van der Waals surface area (Å²) in [6, 6.07) is 1.41. The van der Waals surface area contributed by atoms with Crippen molar-refractivity contribution in [2.45, 2.75) is 26.9 Å². The van der Waals surface area contributed by atoms with Gasteiger partial charge in [0.25, 0.3) is 5.56 Å². The number of hydrogen-bond donors (Lipinski definition) is 0. The first-order valence-electron chi connectivity index (χ1n) is 4.62. The fraction of sp³-hybridized carbons (Fsp3) is 0.400. The number of aryl methyl sites for hydroxylation is 1. The van der Waals surface area contributed by atoms with Crippen LogP contribution in [0.5, 0.6) is 0 Å². The number of aromatic nitrogens is 2. The summed E-state index contributed by atoms with van der Waals surface area (Å²) in [5.74, 6) is 0. The van der Waals surface area contributed by atoms with E-state index in [1.54, 1.807) is 6.08 Å². The molecule has 0 N–H and O–H groups in total. The highest BCUT2D eigenvalue weighted by molar-refractivity contribution is 4.89. The molecular weight excluding hydrogens is 180 g/mol. The van der Waals surface area contributed by atoms with Crippen molar-refractivity contribution in [3.63, 3.8) is 0 Å². The van der Waals surface area contributed by atoms with Crippen molar-refractivity contribution < 1.29 is 0 Å². The maximum absolute atomic E-state index is 11.6. The molecule has 0 aliphatic carbocycles. The van der Waals surface area contributed by atoms with Crippen molar-refractivity contribution in [2.24, 2.45) is 0 Å². The first-order chi connectivity index (χ1) is 6.70. The molecule has 0 radical (unpaired) electrons. The van der Waals surface area contributed by atoms with Gasteiger partial charge in [0.2, 0.25) is 0 Å². The van der Waals surface area contributed by atoms with E-state index in [4.69, 9.17) is 0 Å². The van der Waals surface area contributed by atoms with Crippen molar-refractivity contribution in [1.29, 1.82) is 0 Å². The molecule has 1 rings (SSSR count). The smallest absolute Gasteiger partial charge is 0.301 e. The van der Waals surface area contributed by atoms with Gasteiger partial charge in [-0.15, -0.1) is 0 Å². The lowest BCUT2D eigenvalue weighted by Gasteiger charge is -2.05. The maximum Gasteiger partial charge on any atom is 0.331 e. The van der Waals surface area contributed by atoms with Gasteiger partial charge < -0.3 is 4.57 Å². The van der Waals surface area contributed by atoms with E-state index in [1.165, 1.54) is 21.4 Å². The molecule has 0 saturated carbocycles. The molecule has 1 heterocycles. The summed E-state index contributed by atoms with van der Waals surface area (Å²) in [4.78, 5) is 22.9. The molecule has 0 spiro atoms. The lowest BCUT2D eigenvalue weighted by molar-refractivity contribution is 0.605. The average Bonchev–Trinajstić information content (AvgIpc) is 2.18. The van der Waals surface area contributed by atoms with Crippen LogP contribution < -0.4 is 11.2 Å². The summed E-state index contributed by atoms with van der Waals surface area (Å²) in [6.45, 7) is 4.64. The lowest BCUT2D eigenvalue weighted by atomic mass is 10.5. The maximum atomic E-state index is 11.6. The Balaban J connectivity index is 3.26. The standard InChI is InChI=1S/C10H14N2O2/c1-3-5-7-12-9(13)6-8-11(4-2)10(12)14/h3,5-6,8H,4,7H2,1-2H3. The second kappa shape index (κ2) is 4.60. The molecule has 1 aromatic rings. The van der Waals surface area contributed by atoms with Crippen molar-refractivity contribution in [1.82, 2.24) is 9.13 Å². The highest BCUT2D eigenvalue weighted by Crippen LogP contribution is 1.80. The summed E-state index contributed by atoms with van der Waals surface area (Å²) in [7, 11) is 0. The van der Waals surface area contributed by atoms with Gasteiger partial charge >= 0.3 is 5.69 Å². The Kier molecular flexibility index (Phi) is 3.45. The van der Waals surface area contributed by atoms with Crippen molar-refractivity contribution >= 4 is 0 Å². The molecule has 4 heteroatoms. The quantitative estimate of drug-likeness (QED) is 0.661. The second-order valence-corrected chi connectivity index (χ2v) is 2.90. The predicted octanol–water partition coefficient (Wildman–Crippen LogP) is 0.606. The van der Waals surface area contributed by atoms with Gasteiger partial charge in [0.1, 0.15) is 0 Å². The minimum atomic E-state index is -0.252. The fourth-order valence-electron chi connectivity index (χ4n) is 1.18. The molecular formula is C10H14N2O2. The molecule has 0 saturated heterocycles. The van der Waals surface area contributed by atoms with E-state index < -0.39 is 0 Å². The van der Waals surface area contributed by atoms with Crippen molar-refractivity contribution in [2.75, 3.05) is 0 Å². The topological polar surface area (TPSA) is 44.0 Å². The van der Waals surface area contributed by atoms with Crippen LogP contribution in [0.4, 0.5) is 0 Å². The van der Waals surface area contributed by atoms with E-state index in [0.29, 0.717) is 13.1 Å². The molecule has 0 fully saturated rings. The van der Waals surface area contributed by atoms with E-state index in [9.17, 15) is 9.59 Å². The fourth-order valence-corrected chi connectivity index (χ4v) is 1.18. The number of nitrogens with zero attached hydrogens (tertiary/aromatic N) is 2. The van der Waals surface area contributed by atoms with E-state index in [1.807, 2.05) is 19.9 Å². The van der Waals surface area contributed by atoms with Crippen LogP contribution in [-0.4, -0.2) is 9.13 Å². The highest BCUT2D eigenvalue weighted by atomic mass is 16.2. The summed E-state index contributed by atoms with van der Waals surface area (Å²) in [5.41, 5.74) is -0.504. The van der Waals surface area contributed by atoms with Crippen LogP contribution in [0.2, 0.25) is 0 Å². The SMILES string of the molecule is CC=CCn1c(=O)ccn(CC)c1=O. The zero-order valence-corrected chi connectivity index (χ0v) is 8.43. The van der Waals surface area contributed by atoms with Gasteiger partial charge in [0.15, 0.2) is 0 Å². The Morgan fingerprint density at radius 2 is 2.14 bits per heavy atom. The molecule has 76 valence electrons. The van der Waals surface area contributed by atoms with Crippen LogP contribution in [-0.2, 0) is 13.1 Å². The summed E-state index contributed by atoms with van der Waals surface area (Å²) < 4.78 is 2.72. The van der Waals surface area contributed by atoms with Gasteiger partial charge in [-0.3, -0.25) is 9.36 Å². The molecule has 0 aliphatic heterocycles. The van der Waals surface area contributed by atoms with Crippen LogP contribution in [0.15, 0.2) is 34.0 Å². The van der Waals surface area contributed by atoms with E-state index >= 15 is 0 Å². The van der Waals surface area contributed by atoms with Crippen LogP contribution in [0.25, 0.3) is 0 Å². The van der Waals surface area contributed by atoms with Crippen LogP contribution in [0, 0.1) is 0 Å².